The van der Waals surface area contributed by atoms with Crippen molar-refractivity contribution in [3.63, 3.8) is 0 Å². The number of hydrogen-bond acceptors (Lipinski definition) is 5. The summed E-state index contributed by atoms with van der Waals surface area (Å²) >= 11 is 0. The van der Waals surface area contributed by atoms with Crippen LogP contribution in [0.1, 0.15) is 30.6 Å². The molecule has 0 spiro atoms. The summed E-state index contributed by atoms with van der Waals surface area (Å²) in [5.74, 6) is -0.769. The molecule has 22 heavy (non-hydrogen) atoms. The number of rotatable bonds is 8. The lowest BCUT2D eigenvalue weighted by Crippen LogP contribution is -2.26. The van der Waals surface area contributed by atoms with Crippen LogP contribution in [0.3, 0.4) is 0 Å². The number of esters is 2. The summed E-state index contributed by atoms with van der Waals surface area (Å²) in [6.07, 6.45) is -0.527. The van der Waals surface area contributed by atoms with Gasteiger partial charge in [-0.05, 0) is 24.5 Å². The maximum atomic E-state index is 11.7. The molecule has 0 bridgehead atoms. The van der Waals surface area contributed by atoms with Crippen LogP contribution in [0, 0.1) is 5.92 Å². The Bertz CT molecular complexity index is 507. The molecule has 1 rings (SSSR count). The minimum Gasteiger partial charge on any atom is -0.459 e. The number of ether oxygens (including phenoxy) is 2. The molecule has 0 fully saturated rings. The van der Waals surface area contributed by atoms with E-state index in [1.165, 1.54) is 0 Å². The van der Waals surface area contributed by atoms with Gasteiger partial charge in [0.15, 0.2) is 0 Å². The zero-order valence-electron chi connectivity index (χ0n) is 13.0. The monoisotopic (exact) mass is 306 g/mol. The fourth-order valence-electron chi connectivity index (χ4n) is 1.73. The molecule has 1 unspecified atom stereocenters. The normalized spacial score (nSPS) is 11.8. The number of aliphatic hydroxyl groups excluding tert-OH is 1. The van der Waals surface area contributed by atoms with Gasteiger partial charge in [0, 0.05) is 5.57 Å². The van der Waals surface area contributed by atoms with Gasteiger partial charge in [-0.2, -0.15) is 0 Å². The highest BCUT2D eigenvalue weighted by molar-refractivity contribution is 5.89. The van der Waals surface area contributed by atoms with Crippen LogP contribution < -0.4 is 0 Å². The minimum atomic E-state index is -1.07. The van der Waals surface area contributed by atoms with Crippen LogP contribution in [0.4, 0.5) is 0 Å². The molecule has 0 radical (unpaired) electrons. The van der Waals surface area contributed by atoms with Crippen LogP contribution in [-0.4, -0.2) is 36.4 Å². The van der Waals surface area contributed by atoms with E-state index < -0.39 is 18.0 Å². The van der Waals surface area contributed by atoms with Crippen LogP contribution in [0.2, 0.25) is 0 Å². The molecule has 1 aromatic rings. The second-order valence-electron chi connectivity index (χ2n) is 5.42. The zero-order valence-corrected chi connectivity index (χ0v) is 13.0. The lowest BCUT2D eigenvalue weighted by molar-refractivity contribution is -0.142. The summed E-state index contributed by atoms with van der Waals surface area (Å²) in [7, 11) is 0. The molecule has 1 N–H and O–H groups in total. The third-order valence-corrected chi connectivity index (χ3v) is 2.77. The topological polar surface area (TPSA) is 72.8 Å². The average Bonchev–Trinajstić information content (AvgIpc) is 2.50. The summed E-state index contributed by atoms with van der Waals surface area (Å²) in [6.45, 7) is 7.11. The minimum absolute atomic E-state index is 0.238. The van der Waals surface area contributed by atoms with Gasteiger partial charge in [-0.25, -0.2) is 9.59 Å². The molecule has 0 saturated carbocycles. The summed E-state index contributed by atoms with van der Waals surface area (Å²) in [6, 6.07) is 8.45. The second-order valence-corrected chi connectivity index (χ2v) is 5.42. The maximum Gasteiger partial charge on any atom is 0.338 e. The van der Waals surface area contributed by atoms with Gasteiger partial charge in [0.25, 0.3) is 0 Å². The highest BCUT2D eigenvalue weighted by atomic mass is 16.6. The van der Waals surface area contributed by atoms with Gasteiger partial charge in [0.05, 0.1) is 5.56 Å². The van der Waals surface area contributed by atoms with E-state index in [2.05, 4.69) is 6.58 Å². The first-order valence-electron chi connectivity index (χ1n) is 7.15. The molecular formula is C17H22O5. The number of benzene rings is 1. The molecule has 0 aliphatic rings. The van der Waals surface area contributed by atoms with Crippen LogP contribution in [0.25, 0.3) is 0 Å². The van der Waals surface area contributed by atoms with E-state index in [1.807, 2.05) is 13.8 Å². The summed E-state index contributed by atoms with van der Waals surface area (Å²) in [5, 5.41) is 9.67. The van der Waals surface area contributed by atoms with Crippen LogP contribution in [0.15, 0.2) is 42.5 Å². The van der Waals surface area contributed by atoms with Gasteiger partial charge in [-0.15, -0.1) is 0 Å². The molecule has 0 saturated heterocycles. The van der Waals surface area contributed by atoms with Gasteiger partial charge in [-0.1, -0.05) is 38.6 Å². The number of carbonyl (C=O) groups excluding carboxylic acids is 2. The largest absolute Gasteiger partial charge is 0.459 e. The summed E-state index contributed by atoms with van der Waals surface area (Å²) in [5.41, 5.74) is 0.764. The molecule has 5 nitrogen and oxygen atoms in total. The first-order chi connectivity index (χ1) is 10.4. The van der Waals surface area contributed by atoms with Crippen LogP contribution >= 0.6 is 0 Å². The van der Waals surface area contributed by atoms with Gasteiger partial charge in [0.2, 0.25) is 0 Å². The third kappa shape index (κ3) is 6.54. The predicted octanol–water partition coefficient (Wildman–Crippen LogP) is 2.35. The van der Waals surface area contributed by atoms with Crippen molar-refractivity contribution in [3.8, 4) is 0 Å². The van der Waals surface area contributed by atoms with Gasteiger partial charge < -0.3 is 14.6 Å². The van der Waals surface area contributed by atoms with Crippen molar-refractivity contribution in [2.24, 2.45) is 5.92 Å². The van der Waals surface area contributed by atoms with Crippen LogP contribution in [-0.2, 0) is 14.3 Å². The molecule has 0 aromatic heterocycles. The first-order valence-corrected chi connectivity index (χ1v) is 7.15. The number of hydrogen-bond donors (Lipinski definition) is 1. The first kappa shape index (κ1) is 17.9. The fraction of sp³-hybridized carbons (Fsp3) is 0.412. The van der Waals surface area contributed by atoms with Crippen molar-refractivity contribution < 1.29 is 24.2 Å². The second kappa shape index (κ2) is 9.00. The number of aliphatic hydroxyl groups is 1. The Morgan fingerprint density at radius 1 is 1.14 bits per heavy atom. The van der Waals surface area contributed by atoms with Crippen molar-refractivity contribution in [1.29, 1.82) is 0 Å². The molecule has 1 aromatic carbocycles. The number of carbonyl (C=O) groups is 2. The van der Waals surface area contributed by atoms with E-state index in [9.17, 15) is 14.7 Å². The van der Waals surface area contributed by atoms with Crippen molar-refractivity contribution in [2.75, 3.05) is 13.2 Å². The highest BCUT2D eigenvalue weighted by Crippen LogP contribution is 2.10. The molecule has 0 aliphatic heterocycles. The Labute approximate surface area is 130 Å². The van der Waals surface area contributed by atoms with E-state index in [4.69, 9.17) is 9.47 Å². The Balaban J connectivity index is 2.29. The van der Waals surface area contributed by atoms with Gasteiger partial charge in [0.1, 0.15) is 19.3 Å². The summed E-state index contributed by atoms with van der Waals surface area (Å²) < 4.78 is 9.87. The summed E-state index contributed by atoms with van der Waals surface area (Å²) in [4.78, 5) is 23.3. The molecule has 0 amide bonds. The lowest BCUT2D eigenvalue weighted by atomic mass is 10.1. The van der Waals surface area contributed by atoms with E-state index in [1.54, 1.807) is 30.3 Å². The van der Waals surface area contributed by atoms with Gasteiger partial charge >= 0.3 is 11.9 Å². The Morgan fingerprint density at radius 2 is 1.73 bits per heavy atom. The lowest BCUT2D eigenvalue weighted by Gasteiger charge is -2.13. The SMILES string of the molecule is C=C(CC(C)C)C(=O)OCC(O)COC(=O)c1ccccc1. The van der Waals surface area contributed by atoms with Crippen molar-refractivity contribution in [2.45, 2.75) is 26.4 Å². The molecule has 1 atom stereocenters. The highest BCUT2D eigenvalue weighted by Gasteiger charge is 2.15. The van der Waals surface area contributed by atoms with E-state index in [0.29, 0.717) is 23.5 Å². The molecule has 0 aliphatic carbocycles. The zero-order chi connectivity index (χ0) is 16.5. The molecule has 0 heterocycles. The predicted molar refractivity (Wildman–Crippen MR) is 82.3 cm³/mol. The fourth-order valence-corrected chi connectivity index (χ4v) is 1.73. The Morgan fingerprint density at radius 3 is 2.32 bits per heavy atom. The standard InChI is InChI=1S/C17H22O5/c1-12(2)9-13(3)16(19)21-10-15(18)11-22-17(20)14-7-5-4-6-8-14/h4-8,12,15,18H,3,9-11H2,1-2H3. The van der Waals surface area contributed by atoms with E-state index >= 15 is 0 Å². The van der Waals surface area contributed by atoms with Gasteiger partial charge in [-0.3, -0.25) is 0 Å². The van der Waals surface area contributed by atoms with Crippen LogP contribution in [0.5, 0.6) is 0 Å². The molecule has 120 valence electrons. The molecule has 5 heteroatoms. The average molecular weight is 306 g/mol. The molecular weight excluding hydrogens is 284 g/mol. The quantitative estimate of drug-likeness (QED) is 0.589. The van der Waals surface area contributed by atoms with Crippen molar-refractivity contribution >= 4 is 11.9 Å². The Kier molecular flexibility index (Phi) is 7.32. The van der Waals surface area contributed by atoms with E-state index in [-0.39, 0.29) is 13.2 Å². The third-order valence-electron chi connectivity index (χ3n) is 2.77. The smallest absolute Gasteiger partial charge is 0.338 e. The van der Waals surface area contributed by atoms with E-state index in [0.717, 1.165) is 0 Å². The van der Waals surface area contributed by atoms with Crippen molar-refractivity contribution in [1.82, 2.24) is 0 Å². The maximum absolute atomic E-state index is 11.7. The van der Waals surface area contributed by atoms with Crippen molar-refractivity contribution in [3.05, 3.63) is 48.0 Å². The Hall–Kier alpha value is -2.14.